The van der Waals surface area contributed by atoms with E-state index in [0.717, 1.165) is 11.1 Å². The van der Waals surface area contributed by atoms with E-state index in [9.17, 15) is 14.7 Å². The molecule has 0 radical (unpaired) electrons. The van der Waals surface area contributed by atoms with Gasteiger partial charge in [-0.3, -0.25) is 14.5 Å². The quantitative estimate of drug-likeness (QED) is 0.303. The smallest absolute Gasteiger partial charge is 0.296 e. The number of furan rings is 1. The summed E-state index contributed by atoms with van der Waals surface area (Å²) >= 11 is 1.22. The maximum atomic E-state index is 13.9. The van der Waals surface area contributed by atoms with Crippen molar-refractivity contribution in [3.63, 3.8) is 0 Å². The van der Waals surface area contributed by atoms with Crippen LogP contribution in [0, 0.1) is 13.8 Å². The lowest BCUT2D eigenvalue weighted by atomic mass is 10.00. The number of benzene rings is 2. The normalized spacial score (nSPS) is 15.9. The van der Waals surface area contributed by atoms with E-state index in [1.807, 2.05) is 54.6 Å². The third kappa shape index (κ3) is 3.44. The number of carbonyl (C=O) groups is 2. The number of ketones is 1. The van der Waals surface area contributed by atoms with Crippen LogP contribution in [0.1, 0.15) is 32.9 Å². The number of H-pyrrole nitrogens is 1. The molecule has 2 N–H and O–H groups in total. The number of aromatic amines is 1. The predicted octanol–water partition coefficient (Wildman–Crippen LogP) is 5.68. The molecule has 8 nitrogen and oxygen atoms in total. The van der Waals surface area contributed by atoms with Gasteiger partial charge in [-0.2, -0.15) is 0 Å². The SMILES string of the molecule is Cc1ccc(C2C(C(=O)c3sc(-c4ccccc4)nc3C)=C(O)C(=O)N2c2nc3ccccc3[nH]2)o1. The van der Waals surface area contributed by atoms with E-state index in [1.165, 1.54) is 16.2 Å². The number of thiazole rings is 1. The lowest BCUT2D eigenvalue weighted by Gasteiger charge is -2.22. The van der Waals surface area contributed by atoms with Crippen molar-refractivity contribution in [2.75, 3.05) is 4.90 Å². The van der Waals surface area contributed by atoms with E-state index in [4.69, 9.17) is 4.42 Å². The fourth-order valence-electron chi connectivity index (χ4n) is 4.41. The molecule has 0 bridgehead atoms. The molecule has 1 aliphatic heterocycles. The van der Waals surface area contributed by atoms with Gasteiger partial charge in [0.2, 0.25) is 11.7 Å². The van der Waals surface area contributed by atoms with Crippen molar-refractivity contribution in [1.29, 1.82) is 0 Å². The van der Waals surface area contributed by atoms with Gasteiger partial charge in [-0.25, -0.2) is 9.97 Å². The largest absolute Gasteiger partial charge is 0.503 e. The number of hydrogen-bond acceptors (Lipinski definition) is 7. The van der Waals surface area contributed by atoms with Crippen LogP contribution in [-0.2, 0) is 4.79 Å². The summed E-state index contributed by atoms with van der Waals surface area (Å²) in [6.45, 7) is 3.52. The van der Waals surface area contributed by atoms with Gasteiger partial charge in [0, 0.05) is 5.56 Å². The molecule has 1 unspecified atom stereocenters. The number of hydrogen-bond donors (Lipinski definition) is 2. The van der Waals surface area contributed by atoms with Gasteiger partial charge in [-0.1, -0.05) is 42.5 Å². The Labute approximate surface area is 209 Å². The third-order valence-electron chi connectivity index (χ3n) is 6.11. The molecule has 36 heavy (non-hydrogen) atoms. The van der Waals surface area contributed by atoms with Crippen molar-refractivity contribution < 1.29 is 19.1 Å². The van der Waals surface area contributed by atoms with E-state index >= 15 is 0 Å². The zero-order chi connectivity index (χ0) is 25.0. The number of imidazole rings is 1. The number of fused-ring (bicyclic) bond motifs is 1. The molecule has 1 atom stereocenters. The Bertz CT molecular complexity index is 1650. The van der Waals surface area contributed by atoms with Gasteiger partial charge in [0.1, 0.15) is 22.6 Å². The Kier molecular flexibility index (Phi) is 5.08. The second kappa shape index (κ2) is 8.31. The Hall–Kier alpha value is -4.50. The minimum Gasteiger partial charge on any atom is -0.503 e. The van der Waals surface area contributed by atoms with Crippen LogP contribution in [-0.4, -0.2) is 31.7 Å². The van der Waals surface area contributed by atoms with E-state index in [1.54, 1.807) is 26.0 Å². The third-order valence-corrected chi connectivity index (χ3v) is 7.32. The van der Waals surface area contributed by atoms with E-state index in [-0.39, 0.29) is 11.5 Å². The summed E-state index contributed by atoms with van der Waals surface area (Å²) in [4.78, 5) is 41.2. The maximum Gasteiger partial charge on any atom is 0.296 e. The molecule has 1 amide bonds. The molecule has 0 aliphatic carbocycles. The highest BCUT2D eigenvalue weighted by molar-refractivity contribution is 7.17. The molecule has 6 rings (SSSR count). The zero-order valence-corrected chi connectivity index (χ0v) is 20.2. The molecule has 4 heterocycles. The van der Waals surface area contributed by atoms with Crippen LogP contribution in [0.25, 0.3) is 21.6 Å². The molecule has 9 heteroatoms. The Morgan fingerprint density at radius 1 is 1.03 bits per heavy atom. The monoisotopic (exact) mass is 496 g/mol. The van der Waals surface area contributed by atoms with Crippen molar-refractivity contribution in [3.05, 3.63) is 100 Å². The van der Waals surface area contributed by atoms with Crippen LogP contribution in [0.15, 0.2) is 82.5 Å². The summed E-state index contributed by atoms with van der Waals surface area (Å²) in [7, 11) is 0. The molecule has 0 spiro atoms. The van der Waals surface area contributed by atoms with Crippen LogP contribution in [0.2, 0.25) is 0 Å². The summed E-state index contributed by atoms with van der Waals surface area (Å²) in [6.07, 6.45) is 0. The first-order valence-electron chi connectivity index (χ1n) is 11.3. The van der Waals surface area contributed by atoms with Crippen molar-refractivity contribution in [1.82, 2.24) is 15.0 Å². The van der Waals surface area contributed by atoms with Gasteiger partial charge in [0.25, 0.3) is 5.91 Å². The molecule has 0 saturated heterocycles. The number of rotatable bonds is 5. The number of aliphatic hydroxyl groups is 1. The van der Waals surface area contributed by atoms with Crippen LogP contribution >= 0.6 is 11.3 Å². The summed E-state index contributed by atoms with van der Waals surface area (Å²) in [5.74, 6) is -0.675. The van der Waals surface area contributed by atoms with Crippen molar-refractivity contribution in [2.45, 2.75) is 19.9 Å². The second-order valence-electron chi connectivity index (χ2n) is 8.49. The van der Waals surface area contributed by atoms with Crippen LogP contribution in [0.4, 0.5) is 5.95 Å². The Morgan fingerprint density at radius 3 is 2.50 bits per heavy atom. The van der Waals surface area contributed by atoms with Crippen LogP contribution in [0.5, 0.6) is 0 Å². The first kappa shape index (κ1) is 22.0. The first-order chi connectivity index (χ1) is 17.4. The van der Waals surface area contributed by atoms with Crippen molar-refractivity contribution in [2.24, 2.45) is 0 Å². The zero-order valence-electron chi connectivity index (χ0n) is 19.4. The topological polar surface area (TPSA) is 112 Å². The Balaban J connectivity index is 1.47. The van der Waals surface area contributed by atoms with Crippen molar-refractivity contribution >= 4 is 40.0 Å². The number of nitrogens with one attached hydrogen (secondary N) is 1. The van der Waals surface area contributed by atoms with E-state index in [0.29, 0.717) is 32.6 Å². The molecule has 0 saturated carbocycles. The van der Waals surface area contributed by atoms with Gasteiger partial charge < -0.3 is 14.5 Å². The summed E-state index contributed by atoms with van der Waals surface area (Å²) in [5.41, 5.74) is 2.71. The number of nitrogens with zero attached hydrogens (tertiary/aromatic N) is 3. The minimum absolute atomic E-state index is 0.0684. The highest BCUT2D eigenvalue weighted by atomic mass is 32.1. The number of carbonyl (C=O) groups excluding carboxylic acids is 2. The summed E-state index contributed by atoms with van der Waals surface area (Å²) in [5, 5.41) is 11.7. The molecular formula is C27H20N4O4S. The van der Waals surface area contributed by atoms with Gasteiger partial charge in [-0.15, -0.1) is 11.3 Å². The highest BCUT2D eigenvalue weighted by Crippen LogP contribution is 2.43. The van der Waals surface area contributed by atoms with Gasteiger partial charge in [-0.05, 0) is 38.1 Å². The molecule has 3 aromatic heterocycles. The van der Waals surface area contributed by atoms with E-state index < -0.39 is 23.5 Å². The number of amides is 1. The van der Waals surface area contributed by atoms with Crippen LogP contribution < -0.4 is 4.90 Å². The van der Waals surface area contributed by atoms with E-state index in [2.05, 4.69) is 15.0 Å². The second-order valence-corrected chi connectivity index (χ2v) is 9.49. The number of aryl methyl sites for hydroxylation is 2. The van der Waals surface area contributed by atoms with Gasteiger partial charge >= 0.3 is 0 Å². The average molecular weight is 497 g/mol. The molecule has 2 aromatic carbocycles. The molecular weight excluding hydrogens is 476 g/mol. The fourth-order valence-corrected chi connectivity index (χ4v) is 5.44. The molecule has 0 fully saturated rings. The minimum atomic E-state index is -0.999. The molecule has 1 aliphatic rings. The van der Waals surface area contributed by atoms with Gasteiger partial charge in [0.15, 0.2) is 5.76 Å². The molecule has 5 aromatic rings. The number of anilines is 1. The maximum absolute atomic E-state index is 13.9. The average Bonchev–Trinajstić information content (AvgIpc) is 3.65. The Morgan fingerprint density at radius 2 is 1.78 bits per heavy atom. The van der Waals surface area contributed by atoms with Crippen LogP contribution in [0.3, 0.4) is 0 Å². The number of aromatic nitrogens is 3. The van der Waals surface area contributed by atoms with Crippen molar-refractivity contribution in [3.8, 4) is 10.6 Å². The lowest BCUT2D eigenvalue weighted by Crippen LogP contribution is -2.31. The number of aliphatic hydroxyl groups excluding tert-OH is 1. The first-order valence-corrected chi connectivity index (χ1v) is 12.1. The van der Waals surface area contributed by atoms with Gasteiger partial charge in [0.05, 0.1) is 27.2 Å². The molecule has 178 valence electrons. The standard InChI is InChI=1S/C27H20N4O4S/c1-14-12-13-19(35-14)21-20(22(32)24-15(2)28-25(36-24)16-8-4-3-5-9-16)23(33)26(34)31(21)27-29-17-10-6-7-11-18(17)30-27/h3-13,21,33H,1-2H3,(H,29,30). The fraction of sp³-hybridized carbons (Fsp3) is 0.111. The number of para-hydroxylation sites is 2. The highest BCUT2D eigenvalue weighted by Gasteiger charge is 2.48. The summed E-state index contributed by atoms with van der Waals surface area (Å²) in [6, 6.07) is 19.3. The lowest BCUT2D eigenvalue weighted by molar-refractivity contribution is -0.117. The summed E-state index contributed by atoms with van der Waals surface area (Å²) < 4.78 is 5.87. The predicted molar refractivity (Wildman–Crippen MR) is 136 cm³/mol. The number of Topliss-reactive ketones (excluding diaryl/α,β-unsaturated/α-hetero) is 1.